The smallest absolute Gasteiger partial charge is 0.319 e. The summed E-state index contributed by atoms with van der Waals surface area (Å²) in [7, 11) is 1.55. The summed E-state index contributed by atoms with van der Waals surface area (Å²) in [5.74, 6) is -0.386. The van der Waals surface area contributed by atoms with Crippen molar-refractivity contribution >= 4 is 17.6 Å². The van der Waals surface area contributed by atoms with Crippen LogP contribution in [0.3, 0.4) is 0 Å². The largest absolute Gasteiger partial charge is 0.495 e. The van der Waals surface area contributed by atoms with Gasteiger partial charge in [0.15, 0.2) is 0 Å². The number of aryl methyl sites for hydroxylation is 2. The highest BCUT2D eigenvalue weighted by atomic mass is 16.5. The summed E-state index contributed by atoms with van der Waals surface area (Å²) >= 11 is 0. The molecule has 0 bridgehead atoms. The van der Waals surface area contributed by atoms with E-state index >= 15 is 0 Å². The molecule has 1 heterocycles. The summed E-state index contributed by atoms with van der Waals surface area (Å²) < 4.78 is 5.30. The number of para-hydroxylation sites is 2. The van der Waals surface area contributed by atoms with E-state index in [1.54, 1.807) is 19.2 Å². The molecule has 0 saturated carbocycles. The van der Waals surface area contributed by atoms with Crippen LogP contribution in [-0.2, 0) is 4.79 Å². The van der Waals surface area contributed by atoms with Crippen LogP contribution in [0.4, 0.5) is 10.5 Å². The number of methoxy groups -OCH3 is 1. The van der Waals surface area contributed by atoms with E-state index < -0.39 is 12.0 Å². The number of amides is 3. The Morgan fingerprint density at radius 3 is 2.63 bits per heavy atom. The Hall–Kier alpha value is -3.28. The van der Waals surface area contributed by atoms with Gasteiger partial charge in [0.05, 0.1) is 18.8 Å². The van der Waals surface area contributed by atoms with Crippen molar-refractivity contribution in [1.82, 2.24) is 10.6 Å². The van der Waals surface area contributed by atoms with Crippen molar-refractivity contribution in [2.24, 2.45) is 5.92 Å². The fraction of sp³-hybridized carbons (Fsp3) is 0.238. The highest BCUT2D eigenvalue weighted by molar-refractivity contribution is 5.98. The molecule has 3 rings (SSSR count). The van der Waals surface area contributed by atoms with Crippen molar-refractivity contribution in [3.8, 4) is 5.75 Å². The monoisotopic (exact) mass is 365 g/mol. The molecule has 2 aromatic rings. The molecule has 6 nitrogen and oxygen atoms in total. The average Bonchev–Trinajstić information content (AvgIpc) is 2.61. The minimum atomic E-state index is -0.672. The first-order valence-electron chi connectivity index (χ1n) is 8.68. The molecule has 27 heavy (non-hydrogen) atoms. The molecular weight excluding hydrogens is 342 g/mol. The first kappa shape index (κ1) is 18.5. The second kappa shape index (κ2) is 7.53. The van der Waals surface area contributed by atoms with Crippen molar-refractivity contribution in [3.63, 3.8) is 0 Å². The van der Waals surface area contributed by atoms with Gasteiger partial charge in [-0.05, 0) is 37.1 Å². The van der Waals surface area contributed by atoms with Crippen LogP contribution in [0.1, 0.15) is 22.7 Å². The maximum absolute atomic E-state index is 13.1. The third kappa shape index (κ3) is 3.79. The predicted octanol–water partition coefficient (Wildman–Crippen LogP) is 3.43. The summed E-state index contributed by atoms with van der Waals surface area (Å²) in [5.41, 5.74) is 3.93. The number of anilines is 1. The molecule has 1 saturated heterocycles. The van der Waals surface area contributed by atoms with E-state index in [-0.39, 0.29) is 11.9 Å². The molecule has 2 atom stereocenters. The number of hydrogen-bond donors (Lipinski definition) is 3. The van der Waals surface area contributed by atoms with Gasteiger partial charge < -0.3 is 20.7 Å². The summed E-state index contributed by atoms with van der Waals surface area (Å²) in [6, 6.07) is 12.2. The molecule has 1 aliphatic heterocycles. The maximum atomic E-state index is 13.1. The van der Waals surface area contributed by atoms with Crippen LogP contribution in [0.2, 0.25) is 0 Å². The van der Waals surface area contributed by atoms with Crippen molar-refractivity contribution in [2.45, 2.75) is 19.9 Å². The minimum absolute atomic E-state index is 0.276. The van der Waals surface area contributed by atoms with Gasteiger partial charge in [0.25, 0.3) is 0 Å². The summed E-state index contributed by atoms with van der Waals surface area (Å²) in [6.45, 7) is 7.88. The van der Waals surface area contributed by atoms with Crippen LogP contribution >= 0.6 is 0 Å². The number of ether oxygens (including phenoxy) is 1. The Bertz CT molecular complexity index is 907. The van der Waals surface area contributed by atoms with E-state index in [9.17, 15) is 9.59 Å². The molecule has 0 spiro atoms. The van der Waals surface area contributed by atoms with E-state index in [0.717, 1.165) is 16.7 Å². The maximum Gasteiger partial charge on any atom is 0.319 e. The Balaban J connectivity index is 1.95. The lowest BCUT2D eigenvalue weighted by Gasteiger charge is -2.34. The first-order chi connectivity index (χ1) is 12.9. The average molecular weight is 365 g/mol. The second-order valence-electron chi connectivity index (χ2n) is 6.63. The van der Waals surface area contributed by atoms with Crippen molar-refractivity contribution < 1.29 is 14.3 Å². The Morgan fingerprint density at radius 1 is 1.19 bits per heavy atom. The first-order valence-corrected chi connectivity index (χ1v) is 8.68. The zero-order valence-electron chi connectivity index (χ0n) is 15.6. The van der Waals surface area contributed by atoms with E-state index in [2.05, 4.69) is 22.5 Å². The number of nitrogens with one attached hydrogen (secondary N) is 3. The second-order valence-corrected chi connectivity index (χ2v) is 6.63. The lowest BCUT2D eigenvalue weighted by Crippen LogP contribution is -2.52. The zero-order valence-corrected chi connectivity index (χ0v) is 15.6. The van der Waals surface area contributed by atoms with Gasteiger partial charge in [0.1, 0.15) is 11.7 Å². The number of benzene rings is 2. The van der Waals surface area contributed by atoms with Gasteiger partial charge in [-0.3, -0.25) is 4.79 Å². The Morgan fingerprint density at radius 2 is 1.93 bits per heavy atom. The van der Waals surface area contributed by atoms with E-state index in [1.807, 2.05) is 44.2 Å². The summed E-state index contributed by atoms with van der Waals surface area (Å²) in [5, 5.41) is 8.38. The lowest BCUT2D eigenvalue weighted by molar-refractivity contribution is -0.119. The van der Waals surface area contributed by atoms with Gasteiger partial charge in [-0.2, -0.15) is 0 Å². The standard InChI is InChI=1S/C21H23N3O3/c1-12-9-10-15(13(2)11-12)19-18(14(3)22-21(26)24-19)20(25)23-16-7-5-6-8-17(16)27-4/h5-11,18-19H,3H2,1-2,4H3,(H,23,25)(H2,22,24,26)/t18-,19+/m0/s1. The quantitative estimate of drug-likeness (QED) is 0.777. The molecule has 6 heteroatoms. The van der Waals surface area contributed by atoms with Gasteiger partial charge >= 0.3 is 6.03 Å². The fourth-order valence-electron chi connectivity index (χ4n) is 3.39. The molecule has 0 aliphatic carbocycles. The number of carbonyl (C=O) groups excluding carboxylic acids is 2. The van der Waals surface area contributed by atoms with Gasteiger partial charge in [0, 0.05) is 5.70 Å². The third-order valence-electron chi connectivity index (χ3n) is 4.68. The minimum Gasteiger partial charge on any atom is -0.495 e. The molecule has 140 valence electrons. The molecule has 0 aromatic heterocycles. The molecular formula is C21H23N3O3. The number of urea groups is 1. The van der Waals surface area contributed by atoms with Crippen LogP contribution in [-0.4, -0.2) is 19.0 Å². The molecule has 2 aromatic carbocycles. The highest BCUT2D eigenvalue weighted by Gasteiger charge is 2.38. The summed E-state index contributed by atoms with van der Waals surface area (Å²) in [6.07, 6.45) is 0. The molecule has 3 N–H and O–H groups in total. The topological polar surface area (TPSA) is 79.5 Å². The molecule has 0 radical (unpaired) electrons. The number of carbonyl (C=O) groups is 2. The van der Waals surface area contributed by atoms with Gasteiger partial charge in [-0.25, -0.2) is 4.79 Å². The van der Waals surface area contributed by atoms with Crippen LogP contribution in [0.25, 0.3) is 0 Å². The van der Waals surface area contributed by atoms with Gasteiger partial charge in [-0.15, -0.1) is 0 Å². The van der Waals surface area contributed by atoms with Gasteiger partial charge in [-0.1, -0.05) is 42.5 Å². The van der Waals surface area contributed by atoms with Crippen molar-refractivity contribution in [3.05, 3.63) is 71.4 Å². The third-order valence-corrected chi connectivity index (χ3v) is 4.68. The van der Waals surface area contributed by atoms with E-state index in [4.69, 9.17) is 4.74 Å². The highest BCUT2D eigenvalue weighted by Crippen LogP contribution is 2.33. The van der Waals surface area contributed by atoms with Crippen molar-refractivity contribution in [1.29, 1.82) is 0 Å². The Kier molecular flexibility index (Phi) is 5.16. The van der Waals surface area contributed by atoms with Crippen LogP contribution in [0, 0.1) is 19.8 Å². The normalized spacial score (nSPS) is 19.1. The molecule has 0 unspecified atom stereocenters. The SMILES string of the molecule is C=C1NC(=O)N[C@H](c2ccc(C)cc2C)[C@H]1C(=O)Nc1ccccc1OC. The lowest BCUT2D eigenvalue weighted by atomic mass is 9.85. The van der Waals surface area contributed by atoms with E-state index in [1.165, 1.54) is 0 Å². The van der Waals surface area contributed by atoms with Gasteiger partial charge in [0.2, 0.25) is 5.91 Å². The van der Waals surface area contributed by atoms with Crippen LogP contribution in [0.5, 0.6) is 5.75 Å². The molecule has 3 amide bonds. The number of hydrogen-bond acceptors (Lipinski definition) is 3. The van der Waals surface area contributed by atoms with Crippen molar-refractivity contribution in [2.75, 3.05) is 12.4 Å². The predicted molar refractivity (Wildman–Crippen MR) is 105 cm³/mol. The Labute approximate surface area is 158 Å². The number of rotatable bonds is 4. The molecule has 1 fully saturated rings. The van der Waals surface area contributed by atoms with E-state index in [0.29, 0.717) is 17.1 Å². The van der Waals surface area contributed by atoms with Crippen LogP contribution in [0.15, 0.2) is 54.7 Å². The fourth-order valence-corrected chi connectivity index (χ4v) is 3.39. The van der Waals surface area contributed by atoms with Crippen LogP contribution < -0.4 is 20.7 Å². The summed E-state index contributed by atoms with van der Waals surface area (Å²) in [4.78, 5) is 25.1. The molecule has 1 aliphatic rings. The zero-order chi connectivity index (χ0) is 19.6.